The van der Waals surface area contributed by atoms with Gasteiger partial charge in [0.2, 0.25) is 23.6 Å². The topological polar surface area (TPSA) is 42.8 Å². The van der Waals surface area contributed by atoms with Crippen molar-refractivity contribution < 1.29 is 14.1 Å². The number of quaternary nitrogens is 1. The first-order chi connectivity index (χ1) is 32.8. The van der Waals surface area contributed by atoms with Gasteiger partial charge in [-0.2, -0.15) is 0 Å². The van der Waals surface area contributed by atoms with Crippen molar-refractivity contribution in [3.05, 3.63) is 227 Å². The monoisotopic (exact) mass is 834 g/mol. The van der Waals surface area contributed by atoms with Crippen LogP contribution in [0.4, 0.5) is 11.4 Å². The number of fused-ring (bicyclic) bond motifs is 16. The lowest BCUT2D eigenvalue weighted by molar-refractivity contribution is -1.03. The molecule has 10 aromatic rings. The Morgan fingerprint density at radius 3 is 1.15 bits per heavy atom. The summed E-state index contributed by atoms with van der Waals surface area (Å²) >= 11 is 0. The van der Waals surface area contributed by atoms with E-state index >= 15 is 0 Å². The van der Waals surface area contributed by atoms with Crippen LogP contribution in [0.1, 0.15) is 44.5 Å². The fraction of sp³-hybridized carbons (Fsp3) is 0.0345. The van der Waals surface area contributed by atoms with Crippen LogP contribution in [0.2, 0.25) is 0 Å². The average molecular weight is 835 g/mol. The molecule has 66 heavy (non-hydrogen) atoms. The lowest BCUT2D eigenvalue weighted by Crippen LogP contribution is -2.99. The second-order valence-corrected chi connectivity index (χ2v) is 19.6. The minimum absolute atomic E-state index is 0.0371. The Morgan fingerprint density at radius 1 is 0.364 bits per heavy atom. The van der Waals surface area contributed by atoms with Crippen LogP contribution in [-0.4, -0.2) is 23.4 Å². The maximum absolute atomic E-state index is 7.36. The number of hydrogen-bond acceptors (Lipinski definition) is 3. The first-order valence-electron chi connectivity index (χ1n) is 23.2. The molecule has 0 amide bonds. The third-order valence-corrected chi connectivity index (χ3v) is 17.6. The molecule has 6 aromatic carbocycles. The molecular formula is C58H30B2N5O+3. The van der Waals surface area contributed by atoms with E-state index in [0.717, 1.165) is 11.4 Å². The largest absolute Gasteiger partial charge is 0.409 e. The first kappa shape index (κ1) is 32.5. The molecule has 9 aliphatic rings. The molecule has 0 atom stereocenters. The molecule has 0 saturated carbocycles. The molecule has 19 rings (SSSR count). The zero-order chi connectivity index (χ0) is 42.2. The van der Waals surface area contributed by atoms with Crippen molar-refractivity contribution in [2.45, 2.75) is 10.8 Å². The van der Waals surface area contributed by atoms with Gasteiger partial charge in [-0.1, -0.05) is 133 Å². The van der Waals surface area contributed by atoms with Gasteiger partial charge in [-0.3, -0.25) is 0 Å². The summed E-state index contributed by atoms with van der Waals surface area (Å²) in [6.45, 7) is -0.0742. The van der Waals surface area contributed by atoms with Gasteiger partial charge in [0.1, 0.15) is 0 Å². The van der Waals surface area contributed by atoms with Crippen LogP contribution in [0.25, 0.3) is 44.5 Å². The van der Waals surface area contributed by atoms with Gasteiger partial charge in [-0.15, -0.1) is 0 Å². The SMILES string of the molecule is c1ccc2c(c1)-c1ccccc1C21c2cccc3c2B2c4c1cnc1c4[N+]4(c5c(ncc6c5B5c7c(cccc7C67c6ccccc6-c6ccccc67)-c6ccc[n+]4c65)O1)[n+]1cccc-3c12. The molecule has 0 saturated heterocycles. The molecule has 4 aromatic heterocycles. The van der Waals surface area contributed by atoms with E-state index in [0.29, 0.717) is 11.8 Å². The van der Waals surface area contributed by atoms with E-state index in [1.54, 1.807) is 0 Å². The van der Waals surface area contributed by atoms with Crippen molar-refractivity contribution in [3.63, 3.8) is 0 Å². The van der Waals surface area contributed by atoms with Gasteiger partial charge in [0, 0.05) is 55.9 Å². The van der Waals surface area contributed by atoms with E-state index in [9.17, 15) is 0 Å². The van der Waals surface area contributed by atoms with Crippen molar-refractivity contribution in [2.75, 3.05) is 0 Å². The summed E-state index contributed by atoms with van der Waals surface area (Å²) < 4.78 is 12.8. The summed E-state index contributed by atoms with van der Waals surface area (Å²) in [5.41, 5.74) is 29.6. The van der Waals surface area contributed by atoms with Crippen molar-refractivity contribution in [3.8, 4) is 56.3 Å². The van der Waals surface area contributed by atoms with Crippen molar-refractivity contribution >= 4 is 57.8 Å². The van der Waals surface area contributed by atoms with Crippen molar-refractivity contribution in [2.24, 2.45) is 0 Å². The zero-order valence-electron chi connectivity index (χ0n) is 35.1. The third-order valence-electron chi connectivity index (χ3n) is 17.6. The van der Waals surface area contributed by atoms with Gasteiger partial charge in [0.25, 0.3) is 11.8 Å². The molecule has 8 heteroatoms. The van der Waals surface area contributed by atoms with Crippen LogP contribution in [-0.2, 0) is 10.8 Å². The fourth-order valence-electron chi connectivity index (χ4n) is 15.9. The Balaban J connectivity index is 1.05. The van der Waals surface area contributed by atoms with Crippen LogP contribution in [0.15, 0.2) is 183 Å². The highest BCUT2D eigenvalue weighted by Crippen LogP contribution is 2.62. The third kappa shape index (κ3) is 2.87. The number of nitrogens with zero attached hydrogens (tertiary/aromatic N) is 5. The van der Waals surface area contributed by atoms with Gasteiger partial charge in [-0.25, -0.2) is 9.97 Å². The van der Waals surface area contributed by atoms with Gasteiger partial charge in [0.15, 0.2) is 4.70 Å². The van der Waals surface area contributed by atoms with E-state index < -0.39 is 10.8 Å². The Hall–Kier alpha value is -8.19. The summed E-state index contributed by atoms with van der Waals surface area (Å²) in [7, 11) is 0. The molecule has 11 heterocycles. The maximum atomic E-state index is 7.36. The number of ether oxygens (including phenoxy) is 1. The van der Waals surface area contributed by atoms with Gasteiger partial charge >= 0.3 is 24.8 Å². The quantitative estimate of drug-likeness (QED) is 0.112. The molecule has 2 aliphatic carbocycles. The standard InChI is InChI=1S/C58H30B2N5O/c1-5-21-39-31(13-1)32-14-2-6-22-40(32)57(39)43-25-9-17-35-37-19-11-27-63-53(37)59(47(35)43)49-45(57)29-61-55-51(49)65(63)52-50-46(30-62-56(52)66-55)58(41-23-7-3-15-33(41)34-16-4-8-24-42(34)58)44-26-10-18-36-38-20-12-28-64(65)54(38)60(50)48(36)44/h1-30H/q+3. The molecule has 296 valence electrons. The second kappa shape index (κ2) is 10.0. The van der Waals surface area contributed by atoms with Crippen molar-refractivity contribution in [1.82, 2.24) is 14.7 Å². The van der Waals surface area contributed by atoms with Gasteiger partial charge < -0.3 is 4.74 Å². The highest BCUT2D eigenvalue weighted by molar-refractivity contribution is 7.01. The molecule has 6 nitrogen and oxygen atoms in total. The van der Waals surface area contributed by atoms with E-state index in [-0.39, 0.29) is 18.1 Å². The van der Waals surface area contributed by atoms with Crippen LogP contribution < -0.4 is 51.8 Å². The molecule has 0 radical (unpaired) electrons. The van der Waals surface area contributed by atoms with Gasteiger partial charge in [-0.05, 0) is 101 Å². The van der Waals surface area contributed by atoms with E-state index in [4.69, 9.17) is 14.7 Å². The molecular weight excluding hydrogens is 804 g/mol. The van der Waals surface area contributed by atoms with Crippen LogP contribution >= 0.6 is 0 Å². The Morgan fingerprint density at radius 2 is 0.727 bits per heavy atom. The lowest BCUT2D eigenvalue weighted by Gasteiger charge is -2.46. The number of aromatic nitrogens is 4. The second-order valence-electron chi connectivity index (χ2n) is 19.6. The maximum Gasteiger partial charge on any atom is 0.343 e. The summed E-state index contributed by atoms with van der Waals surface area (Å²) in [5.74, 6) is 1.23. The highest BCUT2D eigenvalue weighted by Gasteiger charge is 2.78. The smallest absolute Gasteiger partial charge is 0.343 e. The van der Waals surface area contributed by atoms with Crippen LogP contribution in [0, 0.1) is 0 Å². The lowest BCUT2D eigenvalue weighted by atomic mass is 9.32. The van der Waals surface area contributed by atoms with Crippen molar-refractivity contribution in [1.29, 1.82) is 0 Å². The summed E-state index contributed by atoms with van der Waals surface area (Å²) in [6, 6.07) is 59.9. The minimum Gasteiger partial charge on any atom is -0.409 e. The fourth-order valence-corrected chi connectivity index (χ4v) is 15.9. The number of rotatable bonds is 0. The first-order valence-corrected chi connectivity index (χ1v) is 23.2. The van der Waals surface area contributed by atoms with E-state index in [1.807, 2.05) is 0 Å². The molecule has 0 fully saturated rings. The van der Waals surface area contributed by atoms with Crippen LogP contribution in [0.5, 0.6) is 11.8 Å². The normalized spacial score (nSPS) is 17.2. The molecule has 0 bridgehead atoms. The molecule has 7 aliphatic heterocycles. The molecule has 3 spiro atoms. The van der Waals surface area contributed by atoms with Gasteiger partial charge in [0.05, 0.1) is 10.8 Å². The van der Waals surface area contributed by atoms with Crippen LogP contribution in [0.3, 0.4) is 0 Å². The number of benzene rings is 6. The number of hydrogen-bond donors (Lipinski definition) is 0. The Kier molecular flexibility index (Phi) is 4.93. The Bertz CT molecular complexity index is 3800. The Labute approximate surface area is 379 Å². The molecule has 0 unspecified atom stereocenters. The predicted molar refractivity (Wildman–Crippen MR) is 256 cm³/mol. The minimum atomic E-state index is -0.608. The highest BCUT2D eigenvalue weighted by atomic mass is 16.5. The molecule has 0 N–H and O–H groups in total. The van der Waals surface area contributed by atoms with E-state index in [2.05, 4.69) is 192 Å². The summed E-state index contributed by atoms with van der Waals surface area (Å²) in [4.78, 5) is 11.1. The predicted octanol–water partition coefficient (Wildman–Crippen LogP) is 5.70. The summed E-state index contributed by atoms with van der Waals surface area (Å²) in [5, 5.41) is 0. The summed E-state index contributed by atoms with van der Waals surface area (Å²) in [6.07, 6.45) is 9.02. The average Bonchev–Trinajstić information content (AvgIpc) is 4.09. The van der Waals surface area contributed by atoms with E-state index in [1.165, 1.54) is 122 Å². The zero-order valence-corrected chi connectivity index (χ0v) is 35.1. The number of pyridine rings is 4.